The summed E-state index contributed by atoms with van der Waals surface area (Å²) in [5.74, 6) is 1.97. The van der Waals surface area contributed by atoms with Crippen molar-refractivity contribution in [2.75, 3.05) is 12.1 Å². The van der Waals surface area contributed by atoms with Gasteiger partial charge in [-0.3, -0.25) is 4.79 Å². The molecule has 0 unspecified atom stereocenters. The van der Waals surface area contributed by atoms with Crippen LogP contribution >= 0.6 is 0 Å². The molecule has 1 N–H and O–H groups in total. The maximum absolute atomic E-state index is 13.1. The number of pyridine rings is 1. The van der Waals surface area contributed by atoms with Crippen LogP contribution in [-0.2, 0) is 10.2 Å². The van der Waals surface area contributed by atoms with E-state index in [9.17, 15) is 4.79 Å². The number of aromatic nitrogens is 1. The van der Waals surface area contributed by atoms with Crippen molar-refractivity contribution >= 4 is 11.7 Å². The number of hydrogen-bond donors (Lipinski definition) is 1. The summed E-state index contributed by atoms with van der Waals surface area (Å²) >= 11 is 0. The number of fused-ring (bicyclic) bond motifs is 1. The molecule has 140 valence electrons. The first-order valence-electron chi connectivity index (χ1n) is 9.40. The van der Waals surface area contributed by atoms with Gasteiger partial charge in [0.2, 0.25) is 12.7 Å². The van der Waals surface area contributed by atoms with Crippen molar-refractivity contribution in [1.82, 2.24) is 4.98 Å². The zero-order valence-electron chi connectivity index (χ0n) is 15.6. The monoisotopic (exact) mass is 372 g/mol. The van der Waals surface area contributed by atoms with Crippen molar-refractivity contribution in [2.24, 2.45) is 0 Å². The molecule has 0 saturated heterocycles. The smallest absolute Gasteiger partial charge is 0.236 e. The molecule has 5 heteroatoms. The molecule has 1 aliphatic carbocycles. The van der Waals surface area contributed by atoms with Crippen LogP contribution in [0.1, 0.15) is 24.0 Å². The number of anilines is 1. The SMILES string of the molecule is Cc1cccc(-c2cccc(NC(=O)C3(c4ccc5c(c4)OCO5)CC3)n2)c1. The van der Waals surface area contributed by atoms with Crippen molar-refractivity contribution in [1.29, 1.82) is 0 Å². The lowest BCUT2D eigenvalue weighted by Crippen LogP contribution is -2.28. The van der Waals surface area contributed by atoms with E-state index in [1.54, 1.807) is 0 Å². The number of ether oxygens (including phenoxy) is 2. The average Bonchev–Trinajstić information content (AvgIpc) is 3.39. The molecule has 2 heterocycles. The Morgan fingerprint density at radius 1 is 1.00 bits per heavy atom. The predicted octanol–water partition coefficient (Wildman–Crippen LogP) is 4.46. The van der Waals surface area contributed by atoms with Crippen LogP contribution in [0.3, 0.4) is 0 Å². The molecule has 1 aromatic heterocycles. The summed E-state index contributed by atoms with van der Waals surface area (Å²) < 4.78 is 10.8. The lowest BCUT2D eigenvalue weighted by Gasteiger charge is -2.16. The van der Waals surface area contributed by atoms with Crippen molar-refractivity contribution in [3.05, 3.63) is 71.8 Å². The van der Waals surface area contributed by atoms with Crippen molar-refractivity contribution in [3.8, 4) is 22.8 Å². The van der Waals surface area contributed by atoms with Gasteiger partial charge in [0.25, 0.3) is 0 Å². The first-order chi connectivity index (χ1) is 13.6. The van der Waals surface area contributed by atoms with E-state index in [2.05, 4.69) is 29.4 Å². The highest BCUT2D eigenvalue weighted by atomic mass is 16.7. The number of benzene rings is 2. The highest BCUT2D eigenvalue weighted by molar-refractivity contribution is 6.01. The Morgan fingerprint density at radius 3 is 2.64 bits per heavy atom. The number of aryl methyl sites for hydroxylation is 1. The van der Waals surface area contributed by atoms with Gasteiger partial charge < -0.3 is 14.8 Å². The first-order valence-corrected chi connectivity index (χ1v) is 9.40. The molecule has 28 heavy (non-hydrogen) atoms. The maximum Gasteiger partial charge on any atom is 0.236 e. The van der Waals surface area contributed by atoms with Gasteiger partial charge in [-0.05, 0) is 55.7 Å². The number of nitrogens with one attached hydrogen (secondary N) is 1. The summed E-state index contributed by atoms with van der Waals surface area (Å²) in [6.07, 6.45) is 1.63. The van der Waals surface area contributed by atoms with Crippen LogP contribution in [-0.4, -0.2) is 17.7 Å². The molecule has 3 aromatic rings. The highest BCUT2D eigenvalue weighted by Crippen LogP contribution is 2.51. The normalized spacial score (nSPS) is 15.9. The molecule has 2 aromatic carbocycles. The second kappa shape index (κ2) is 6.37. The topological polar surface area (TPSA) is 60.5 Å². The lowest BCUT2D eigenvalue weighted by atomic mass is 9.94. The fourth-order valence-electron chi connectivity index (χ4n) is 3.67. The van der Waals surface area contributed by atoms with E-state index in [-0.39, 0.29) is 12.7 Å². The van der Waals surface area contributed by atoms with E-state index in [0.717, 1.165) is 35.4 Å². The van der Waals surface area contributed by atoms with E-state index < -0.39 is 5.41 Å². The predicted molar refractivity (Wildman–Crippen MR) is 107 cm³/mol. The Morgan fingerprint density at radius 2 is 1.82 bits per heavy atom. The van der Waals surface area contributed by atoms with Crippen LogP contribution in [0, 0.1) is 6.92 Å². The van der Waals surface area contributed by atoms with E-state index in [0.29, 0.717) is 11.6 Å². The van der Waals surface area contributed by atoms with E-state index in [1.807, 2.05) is 48.5 Å². The Balaban J connectivity index is 1.39. The molecule has 5 nitrogen and oxygen atoms in total. The Hall–Kier alpha value is -3.34. The van der Waals surface area contributed by atoms with Gasteiger partial charge in [-0.25, -0.2) is 4.98 Å². The molecular formula is C23H20N2O3. The number of nitrogens with zero attached hydrogens (tertiary/aromatic N) is 1. The number of carbonyl (C=O) groups is 1. The molecule has 1 saturated carbocycles. The zero-order valence-corrected chi connectivity index (χ0v) is 15.6. The summed E-state index contributed by atoms with van der Waals surface area (Å²) in [6.45, 7) is 2.28. The fraction of sp³-hybridized carbons (Fsp3) is 0.217. The van der Waals surface area contributed by atoms with Crippen molar-refractivity contribution in [3.63, 3.8) is 0 Å². The van der Waals surface area contributed by atoms with Gasteiger partial charge in [0.15, 0.2) is 11.5 Å². The molecular weight excluding hydrogens is 352 g/mol. The maximum atomic E-state index is 13.1. The molecule has 0 bridgehead atoms. The van der Waals surface area contributed by atoms with Crippen LogP contribution < -0.4 is 14.8 Å². The largest absolute Gasteiger partial charge is 0.454 e. The molecule has 0 spiro atoms. The van der Waals surface area contributed by atoms with Gasteiger partial charge in [0.05, 0.1) is 11.1 Å². The van der Waals surface area contributed by atoms with Crippen molar-refractivity contribution in [2.45, 2.75) is 25.2 Å². The van der Waals surface area contributed by atoms with Crippen LogP contribution in [0.25, 0.3) is 11.3 Å². The second-order valence-corrected chi connectivity index (χ2v) is 7.38. The van der Waals surface area contributed by atoms with Gasteiger partial charge in [-0.2, -0.15) is 0 Å². The van der Waals surface area contributed by atoms with Gasteiger partial charge in [0, 0.05) is 5.56 Å². The van der Waals surface area contributed by atoms with E-state index >= 15 is 0 Å². The number of hydrogen-bond acceptors (Lipinski definition) is 4. The first kappa shape index (κ1) is 16.8. The van der Waals surface area contributed by atoms with Crippen LogP contribution in [0.15, 0.2) is 60.7 Å². The summed E-state index contributed by atoms with van der Waals surface area (Å²) in [4.78, 5) is 17.7. The highest BCUT2D eigenvalue weighted by Gasteiger charge is 2.51. The average molecular weight is 372 g/mol. The standard InChI is InChI=1S/C23H20N2O3/c1-15-4-2-5-16(12-15)18-6-3-7-21(24-18)25-22(26)23(10-11-23)17-8-9-19-20(13-17)28-14-27-19/h2-9,12-13H,10-11,14H2,1H3,(H,24,25,26). The van der Waals surface area contributed by atoms with E-state index in [1.165, 1.54) is 5.56 Å². The lowest BCUT2D eigenvalue weighted by molar-refractivity contribution is -0.118. The fourth-order valence-corrected chi connectivity index (χ4v) is 3.67. The van der Waals surface area contributed by atoms with Gasteiger partial charge in [-0.1, -0.05) is 35.9 Å². The second-order valence-electron chi connectivity index (χ2n) is 7.38. The van der Waals surface area contributed by atoms with E-state index in [4.69, 9.17) is 9.47 Å². The molecule has 1 fully saturated rings. The number of carbonyl (C=O) groups excluding carboxylic acids is 1. The minimum atomic E-state index is -0.512. The quantitative estimate of drug-likeness (QED) is 0.735. The molecule has 1 amide bonds. The molecule has 2 aliphatic rings. The summed E-state index contributed by atoms with van der Waals surface area (Å²) in [5.41, 5.74) is 3.50. The molecule has 1 aliphatic heterocycles. The third-order valence-corrected chi connectivity index (χ3v) is 5.41. The third kappa shape index (κ3) is 2.89. The van der Waals surface area contributed by atoms with Crippen molar-refractivity contribution < 1.29 is 14.3 Å². The van der Waals surface area contributed by atoms with Crippen LogP contribution in [0.5, 0.6) is 11.5 Å². The molecule has 0 radical (unpaired) electrons. The minimum absolute atomic E-state index is 0.0275. The van der Waals surface area contributed by atoms with Crippen LogP contribution in [0.2, 0.25) is 0 Å². The Kier molecular flexibility index (Phi) is 3.83. The van der Waals surface area contributed by atoms with Gasteiger partial charge in [-0.15, -0.1) is 0 Å². The Labute approximate surface area is 163 Å². The number of rotatable bonds is 4. The van der Waals surface area contributed by atoms with Gasteiger partial charge in [0.1, 0.15) is 5.82 Å². The Bertz CT molecular complexity index is 1070. The van der Waals surface area contributed by atoms with Crippen LogP contribution in [0.4, 0.5) is 5.82 Å². The third-order valence-electron chi connectivity index (χ3n) is 5.41. The molecule has 5 rings (SSSR count). The minimum Gasteiger partial charge on any atom is -0.454 e. The van der Waals surface area contributed by atoms with Gasteiger partial charge >= 0.3 is 0 Å². The number of amides is 1. The summed E-state index contributed by atoms with van der Waals surface area (Å²) in [7, 11) is 0. The molecule has 0 atom stereocenters. The summed E-state index contributed by atoms with van der Waals surface area (Å²) in [6, 6.07) is 19.6. The zero-order chi connectivity index (χ0) is 19.1. The summed E-state index contributed by atoms with van der Waals surface area (Å²) in [5, 5.41) is 3.01.